The van der Waals surface area contributed by atoms with Gasteiger partial charge < -0.3 is 24.6 Å². The molecule has 0 saturated carbocycles. The molecule has 0 aliphatic heterocycles. The molecule has 182 valence electrons. The number of hydrogen-bond acceptors (Lipinski definition) is 6. The Balaban J connectivity index is 1.55. The lowest BCUT2D eigenvalue weighted by molar-refractivity contribution is -0.153. The molecular formula is C27H27NO7. The molecule has 2 N–H and O–H groups in total. The fourth-order valence-electron chi connectivity index (χ4n) is 4.94. The molecule has 3 unspecified atom stereocenters. The molecule has 2 aliphatic carbocycles. The average molecular weight is 478 g/mol. The summed E-state index contributed by atoms with van der Waals surface area (Å²) in [6, 6.07) is 14.9. The molecule has 35 heavy (non-hydrogen) atoms. The highest BCUT2D eigenvalue weighted by Crippen LogP contribution is 2.44. The van der Waals surface area contributed by atoms with Crippen molar-refractivity contribution in [2.75, 3.05) is 20.8 Å². The van der Waals surface area contributed by atoms with Crippen LogP contribution in [0, 0.1) is 5.92 Å². The minimum Gasteiger partial charge on any atom is -0.481 e. The highest BCUT2D eigenvalue weighted by Gasteiger charge is 2.49. The zero-order chi connectivity index (χ0) is 25.0. The Morgan fingerprint density at radius 3 is 2.20 bits per heavy atom. The van der Waals surface area contributed by atoms with Crippen LogP contribution in [0.5, 0.6) is 0 Å². The first kappa shape index (κ1) is 24.2. The highest BCUT2D eigenvalue weighted by molar-refractivity contribution is 5.80. The minimum absolute atomic E-state index is 0.0723. The maximum Gasteiger partial charge on any atom is 0.407 e. The Kier molecular flexibility index (Phi) is 7.02. The van der Waals surface area contributed by atoms with Crippen LogP contribution < -0.4 is 5.32 Å². The van der Waals surface area contributed by atoms with Crippen LogP contribution in [-0.2, 0) is 23.8 Å². The lowest BCUT2D eigenvalue weighted by Gasteiger charge is -2.41. The molecule has 2 aromatic carbocycles. The molecule has 3 atom stereocenters. The Labute approximate surface area is 203 Å². The van der Waals surface area contributed by atoms with Gasteiger partial charge in [-0.25, -0.2) is 4.79 Å². The topological polar surface area (TPSA) is 111 Å². The van der Waals surface area contributed by atoms with E-state index >= 15 is 0 Å². The number of carboxylic acids is 1. The van der Waals surface area contributed by atoms with Crippen LogP contribution in [0.25, 0.3) is 11.1 Å². The smallest absolute Gasteiger partial charge is 0.407 e. The summed E-state index contributed by atoms with van der Waals surface area (Å²) in [5.41, 5.74) is 2.81. The SMILES string of the molecule is COC(=O)CC(NC(=O)OCC1c2ccccc2-c2ccccc21)C1(OC)C=CC=CC1C(=O)O. The standard InChI is InChI=1S/C27H27NO7/c1-33-24(29)15-23(27(34-2)14-8-7-13-22(27)25(30)31)28-26(32)35-16-21-19-11-5-3-9-17(19)18-10-4-6-12-20(18)21/h3-14,21-23H,15-16H2,1-2H3,(H,28,32)(H,30,31). The van der Waals surface area contributed by atoms with E-state index in [1.165, 1.54) is 26.4 Å². The van der Waals surface area contributed by atoms with Crippen LogP contribution in [-0.4, -0.2) is 55.6 Å². The van der Waals surface area contributed by atoms with Gasteiger partial charge >= 0.3 is 18.0 Å². The number of ether oxygens (including phenoxy) is 3. The molecule has 0 spiro atoms. The van der Waals surface area contributed by atoms with Crippen LogP contribution in [0.4, 0.5) is 4.79 Å². The predicted octanol–water partition coefficient (Wildman–Crippen LogP) is 3.67. The van der Waals surface area contributed by atoms with Gasteiger partial charge in [-0.15, -0.1) is 0 Å². The van der Waals surface area contributed by atoms with Crippen molar-refractivity contribution in [3.05, 3.63) is 84.0 Å². The quantitative estimate of drug-likeness (QED) is 0.558. The van der Waals surface area contributed by atoms with Crippen molar-refractivity contribution >= 4 is 18.0 Å². The van der Waals surface area contributed by atoms with Crippen LogP contribution in [0.2, 0.25) is 0 Å². The Hall–Kier alpha value is -3.91. The van der Waals surface area contributed by atoms with E-state index in [0.29, 0.717) is 0 Å². The summed E-state index contributed by atoms with van der Waals surface area (Å²) in [4.78, 5) is 37.1. The maximum absolute atomic E-state index is 13.0. The Morgan fingerprint density at radius 2 is 1.63 bits per heavy atom. The molecule has 2 aromatic rings. The molecule has 0 aromatic heterocycles. The van der Waals surface area contributed by atoms with Crippen molar-refractivity contribution in [3.63, 3.8) is 0 Å². The number of carbonyl (C=O) groups is 3. The van der Waals surface area contributed by atoms with E-state index in [0.717, 1.165) is 22.3 Å². The normalized spacial score (nSPS) is 21.0. The number of allylic oxidation sites excluding steroid dienone is 2. The van der Waals surface area contributed by atoms with Crippen molar-refractivity contribution < 1.29 is 33.7 Å². The summed E-state index contributed by atoms with van der Waals surface area (Å²) in [5.74, 6) is -3.07. The molecule has 8 nitrogen and oxygen atoms in total. The van der Waals surface area contributed by atoms with Gasteiger partial charge in [0.15, 0.2) is 0 Å². The van der Waals surface area contributed by atoms with Crippen molar-refractivity contribution in [2.24, 2.45) is 5.92 Å². The van der Waals surface area contributed by atoms with Crippen molar-refractivity contribution in [3.8, 4) is 11.1 Å². The van der Waals surface area contributed by atoms with Gasteiger partial charge in [0.1, 0.15) is 18.1 Å². The maximum atomic E-state index is 13.0. The van der Waals surface area contributed by atoms with Gasteiger partial charge in [-0.3, -0.25) is 9.59 Å². The summed E-state index contributed by atoms with van der Waals surface area (Å²) in [6.45, 7) is 0.0723. The van der Waals surface area contributed by atoms with Gasteiger partial charge in [0.05, 0.1) is 19.6 Å². The van der Waals surface area contributed by atoms with E-state index in [4.69, 9.17) is 14.2 Å². The molecule has 0 saturated heterocycles. The van der Waals surface area contributed by atoms with Crippen LogP contribution in [0.1, 0.15) is 23.5 Å². The third kappa shape index (κ3) is 4.57. The third-order valence-corrected chi connectivity index (χ3v) is 6.66. The number of esters is 1. The fraction of sp³-hybridized carbons (Fsp3) is 0.296. The van der Waals surface area contributed by atoms with E-state index in [1.807, 2.05) is 48.5 Å². The number of fused-ring (bicyclic) bond motifs is 3. The molecule has 0 radical (unpaired) electrons. The number of amides is 1. The molecule has 2 aliphatic rings. The van der Waals surface area contributed by atoms with E-state index in [9.17, 15) is 19.5 Å². The first-order valence-corrected chi connectivity index (χ1v) is 11.2. The molecule has 0 bridgehead atoms. The lowest BCUT2D eigenvalue weighted by atomic mass is 9.76. The van der Waals surface area contributed by atoms with Crippen LogP contribution >= 0.6 is 0 Å². The summed E-state index contributed by atoms with van der Waals surface area (Å²) in [5, 5.41) is 12.5. The fourth-order valence-corrected chi connectivity index (χ4v) is 4.94. The van der Waals surface area contributed by atoms with Gasteiger partial charge in [-0.05, 0) is 28.3 Å². The van der Waals surface area contributed by atoms with Gasteiger partial charge in [0, 0.05) is 13.0 Å². The van der Waals surface area contributed by atoms with E-state index in [1.54, 1.807) is 12.2 Å². The molecule has 4 rings (SSSR count). The predicted molar refractivity (Wildman–Crippen MR) is 128 cm³/mol. The second kappa shape index (κ2) is 10.1. The number of carboxylic acid groups (broad SMARTS) is 1. The number of nitrogens with one attached hydrogen (secondary N) is 1. The lowest BCUT2D eigenvalue weighted by Crippen LogP contribution is -2.59. The number of aliphatic carboxylic acids is 1. The Bertz CT molecular complexity index is 1140. The number of hydrogen-bond donors (Lipinski definition) is 2. The van der Waals surface area contributed by atoms with Crippen LogP contribution in [0.15, 0.2) is 72.8 Å². The first-order valence-electron chi connectivity index (χ1n) is 11.2. The zero-order valence-electron chi connectivity index (χ0n) is 19.5. The van der Waals surface area contributed by atoms with E-state index in [-0.39, 0.29) is 18.9 Å². The van der Waals surface area contributed by atoms with E-state index < -0.39 is 35.6 Å². The van der Waals surface area contributed by atoms with Crippen LogP contribution in [0.3, 0.4) is 0 Å². The summed E-state index contributed by atoms with van der Waals surface area (Å²) < 4.78 is 16.0. The minimum atomic E-state index is -1.51. The first-order chi connectivity index (χ1) is 16.9. The number of alkyl carbamates (subject to hydrolysis) is 1. The van der Waals surface area contributed by atoms with Crippen molar-refractivity contribution in [1.29, 1.82) is 0 Å². The number of methoxy groups -OCH3 is 2. The van der Waals surface area contributed by atoms with Gasteiger partial charge in [-0.1, -0.05) is 66.8 Å². The molecule has 8 heteroatoms. The summed E-state index contributed by atoms with van der Waals surface area (Å²) in [7, 11) is 2.56. The summed E-state index contributed by atoms with van der Waals surface area (Å²) in [6.07, 6.45) is 5.09. The second-order valence-corrected chi connectivity index (χ2v) is 8.42. The number of rotatable bonds is 8. The number of benzene rings is 2. The largest absolute Gasteiger partial charge is 0.481 e. The van der Waals surface area contributed by atoms with Gasteiger partial charge in [0.25, 0.3) is 0 Å². The van der Waals surface area contributed by atoms with Gasteiger partial charge in [0.2, 0.25) is 0 Å². The Morgan fingerprint density at radius 1 is 1.00 bits per heavy atom. The van der Waals surface area contributed by atoms with Crippen molar-refractivity contribution in [1.82, 2.24) is 5.32 Å². The molecule has 0 heterocycles. The van der Waals surface area contributed by atoms with E-state index in [2.05, 4.69) is 5.32 Å². The monoisotopic (exact) mass is 477 g/mol. The highest BCUT2D eigenvalue weighted by atomic mass is 16.6. The molecular weight excluding hydrogens is 450 g/mol. The zero-order valence-corrected chi connectivity index (χ0v) is 19.5. The third-order valence-electron chi connectivity index (χ3n) is 6.66. The molecule has 1 amide bonds. The van der Waals surface area contributed by atoms with Gasteiger partial charge in [-0.2, -0.15) is 0 Å². The summed E-state index contributed by atoms with van der Waals surface area (Å²) >= 11 is 0. The average Bonchev–Trinajstić information content (AvgIpc) is 3.20. The number of carbonyl (C=O) groups excluding carboxylic acids is 2. The van der Waals surface area contributed by atoms with Crippen molar-refractivity contribution in [2.45, 2.75) is 24.0 Å². The second-order valence-electron chi connectivity index (χ2n) is 8.42. The molecule has 0 fully saturated rings.